The summed E-state index contributed by atoms with van der Waals surface area (Å²) in [6.45, 7) is 0.416. The van der Waals surface area contributed by atoms with Gasteiger partial charge < -0.3 is 9.47 Å². The third kappa shape index (κ3) is 1.13. The molecule has 0 saturated carbocycles. The maximum absolute atomic E-state index is 5.27. The first-order valence-electron chi connectivity index (χ1n) is 3.71. The summed E-state index contributed by atoms with van der Waals surface area (Å²) in [7, 11) is 1.64. The van der Waals surface area contributed by atoms with Crippen LogP contribution in [0.4, 0.5) is 0 Å². The Hall–Kier alpha value is -1.51. The van der Waals surface area contributed by atoms with E-state index in [-0.39, 0.29) is 0 Å². The molecular formula is C9H9NO2. The minimum absolute atomic E-state index is 0.416. The zero-order chi connectivity index (χ0) is 8.39. The second-order valence-electron chi connectivity index (χ2n) is 2.49. The van der Waals surface area contributed by atoms with Crippen molar-refractivity contribution in [1.29, 1.82) is 0 Å². The number of hydrogen-bond acceptors (Lipinski definition) is 3. The number of benzene rings is 1. The van der Waals surface area contributed by atoms with Crippen LogP contribution in [0.3, 0.4) is 0 Å². The first kappa shape index (κ1) is 7.16. The zero-order valence-electron chi connectivity index (χ0n) is 6.78. The van der Waals surface area contributed by atoms with Gasteiger partial charge in [0.05, 0.1) is 7.11 Å². The van der Waals surface area contributed by atoms with Gasteiger partial charge in [-0.25, -0.2) is 0 Å². The molecule has 0 amide bonds. The standard InChI is InChI=1S/C9H9NO2/c1-11-8-2-3-9-7(4-8)5-10-6-12-9/h2-5H,6H2,1H3. The van der Waals surface area contributed by atoms with Crippen LogP contribution in [-0.4, -0.2) is 20.1 Å². The van der Waals surface area contributed by atoms with Crippen LogP contribution in [0.25, 0.3) is 0 Å². The van der Waals surface area contributed by atoms with E-state index in [0.29, 0.717) is 6.73 Å². The Morgan fingerprint density at radius 1 is 1.50 bits per heavy atom. The molecule has 0 bridgehead atoms. The highest BCUT2D eigenvalue weighted by atomic mass is 16.5. The third-order valence-electron chi connectivity index (χ3n) is 1.74. The lowest BCUT2D eigenvalue weighted by atomic mass is 10.2. The van der Waals surface area contributed by atoms with Crippen molar-refractivity contribution in [3.05, 3.63) is 23.8 Å². The second-order valence-corrected chi connectivity index (χ2v) is 2.49. The normalized spacial score (nSPS) is 13.4. The van der Waals surface area contributed by atoms with Gasteiger partial charge in [0, 0.05) is 11.8 Å². The highest BCUT2D eigenvalue weighted by molar-refractivity contribution is 5.84. The Morgan fingerprint density at radius 2 is 2.42 bits per heavy atom. The van der Waals surface area contributed by atoms with Crippen molar-refractivity contribution in [1.82, 2.24) is 0 Å². The van der Waals surface area contributed by atoms with Crippen molar-refractivity contribution in [3.8, 4) is 11.5 Å². The molecule has 1 heterocycles. The summed E-state index contributed by atoms with van der Waals surface area (Å²) in [4.78, 5) is 3.99. The SMILES string of the molecule is COc1ccc2c(c1)C=NCO2. The third-order valence-corrected chi connectivity index (χ3v) is 1.74. The molecule has 0 aliphatic carbocycles. The van der Waals surface area contributed by atoms with Crippen LogP contribution in [0.1, 0.15) is 5.56 Å². The fraction of sp³-hybridized carbons (Fsp3) is 0.222. The molecule has 0 aromatic heterocycles. The number of ether oxygens (including phenoxy) is 2. The van der Waals surface area contributed by atoms with E-state index >= 15 is 0 Å². The summed E-state index contributed by atoms with van der Waals surface area (Å²) >= 11 is 0. The number of fused-ring (bicyclic) bond motifs is 1. The molecule has 1 aromatic rings. The summed E-state index contributed by atoms with van der Waals surface area (Å²) < 4.78 is 10.3. The van der Waals surface area contributed by atoms with Gasteiger partial charge in [0.2, 0.25) is 0 Å². The summed E-state index contributed by atoms with van der Waals surface area (Å²) in [5, 5.41) is 0. The quantitative estimate of drug-likeness (QED) is 0.627. The van der Waals surface area contributed by atoms with E-state index < -0.39 is 0 Å². The first-order valence-corrected chi connectivity index (χ1v) is 3.71. The maximum Gasteiger partial charge on any atom is 0.179 e. The zero-order valence-corrected chi connectivity index (χ0v) is 6.78. The van der Waals surface area contributed by atoms with E-state index in [1.54, 1.807) is 13.3 Å². The molecule has 62 valence electrons. The van der Waals surface area contributed by atoms with Gasteiger partial charge in [-0.1, -0.05) is 0 Å². The number of hydrogen-bond donors (Lipinski definition) is 0. The van der Waals surface area contributed by atoms with Gasteiger partial charge in [0.25, 0.3) is 0 Å². The van der Waals surface area contributed by atoms with Crippen LogP contribution in [0.15, 0.2) is 23.2 Å². The minimum Gasteiger partial charge on any atom is -0.497 e. The molecule has 0 radical (unpaired) electrons. The molecule has 12 heavy (non-hydrogen) atoms. The molecule has 0 fully saturated rings. The molecule has 0 N–H and O–H groups in total. The van der Waals surface area contributed by atoms with Gasteiger partial charge in [-0.3, -0.25) is 4.99 Å². The van der Waals surface area contributed by atoms with Crippen LogP contribution in [-0.2, 0) is 0 Å². The highest BCUT2D eigenvalue weighted by Gasteiger charge is 2.06. The summed E-state index contributed by atoms with van der Waals surface area (Å²) in [5.41, 5.74) is 0.973. The summed E-state index contributed by atoms with van der Waals surface area (Å²) in [6.07, 6.45) is 1.79. The Balaban J connectivity index is 2.44. The van der Waals surface area contributed by atoms with Crippen molar-refractivity contribution >= 4 is 6.21 Å². The number of methoxy groups -OCH3 is 1. The lowest BCUT2D eigenvalue weighted by Crippen LogP contribution is -2.03. The molecule has 1 aliphatic heterocycles. The fourth-order valence-corrected chi connectivity index (χ4v) is 1.13. The van der Waals surface area contributed by atoms with Gasteiger partial charge >= 0.3 is 0 Å². The first-order chi connectivity index (χ1) is 5.90. The van der Waals surface area contributed by atoms with Gasteiger partial charge in [0.15, 0.2) is 6.73 Å². The topological polar surface area (TPSA) is 30.8 Å². The van der Waals surface area contributed by atoms with E-state index in [4.69, 9.17) is 9.47 Å². The van der Waals surface area contributed by atoms with Gasteiger partial charge in [-0.15, -0.1) is 0 Å². The largest absolute Gasteiger partial charge is 0.497 e. The lowest BCUT2D eigenvalue weighted by molar-refractivity contribution is 0.325. The number of aliphatic imine (C=N–C) groups is 1. The Labute approximate surface area is 70.6 Å². The van der Waals surface area contributed by atoms with Crippen LogP contribution < -0.4 is 9.47 Å². The van der Waals surface area contributed by atoms with Crippen molar-refractivity contribution in [3.63, 3.8) is 0 Å². The molecule has 0 saturated heterocycles. The summed E-state index contributed by atoms with van der Waals surface area (Å²) in [6, 6.07) is 5.66. The Morgan fingerprint density at radius 3 is 3.25 bits per heavy atom. The molecule has 0 atom stereocenters. The molecule has 1 aromatic carbocycles. The molecule has 0 unspecified atom stereocenters. The maximum atomic E-state index is 5.27. The van der Waals surface area contributed by atoms with Crippen LogP contribution in [0.5, 0.6) is 11.5 Å². The average Bonchev–Trinajstić information content (AvgIpc) is 2.17. The predicted molar refractivity (Wildman–Crippen MR) is 46.1 cm³/mol. The molecule has 3 nitrogen and oxygen atoms in total. The van der Waals surface area contributed by atoms with E-state index in [1.165, 1.54) is 0 Å². The summed E-state index contributed by atoms with van der Waals surface area (Å²) in [5.74, 6) is 1.69. The van der Waals surface area contributed by atoms with E-state index in [0.717, 1.165) is 17.1 Å². The fourth-order valence-electron chi connectivity index (χ4n) is 1.13. The van der Waals surface area contributed by atoms with Gasteiger partial charge in [-0.05, 0) is 18.2 Å². The van der Waals surface area contributed by atoms with E-state index in [1.807, 2.05) is 18.2 Å². The average molecular weight is 163 g/mol. The molecule has 3 heteroatoms. The van der Waals surface area contributed by atoms with Crippen molar-refractivity contribution in [2.75, 3.05) is 13.8 Å². The molecule has 0 spiro atoms. The number of rotatable bonds is 1. The minimum atomic E-state index is 0.416. The molecule has 1 aliphatic rings. The number of nitrogens with zero attached hydrogens (tertiary/aromatic N) is 1. The van der Waals surface area contributed by atoms with Gasteiger partial charge in [-0.2, -0.15) is 0 Å². The second kappa shape index (κ2) is 2.85. The van der Waals surface area contributed by atoms with Crippen LogP contribution in [0.2, 0.25) is 0 Å². The smallest absolute Gasteiger partial charge is 0.179 e. The van der Waals surface area contributed by atoms with Crippen molar-refractivity contribution in [2.45, 2.75) is 0 Å². The van der Waals surface area contributed by atoms with Crippen LogP contribution in [0, 0.1) is 0 Å². The van der Waals surface area contributed by atoms with E-state index in [9.17, 15) is 0 Å². The highest BCUT2D eigenvalue weighted by Crippen LogP contribution is 2.24. The monoisotopic (exact) mass is 163 g/mol. The van der Waals surface area contributed by atoms with Crippen molar-refractivity contribution < 1.29 is 9.47 Å². The molecular weight excluding hydrogens is 154 g/mol. The predicted octanol–water partition coefficient (Wildman–Crippen LogP) is 1.46. The molecule has 2 rings (SSSR count). The van der Waals surface area contributed by atoms with Gasteiger partial charge in [0.1, 0.15) is 11.5 Å². The Bertz CT molecular complexity index is 320. The van der Waals surface area contributed by atoms with Crippen molar-refractivity contribution in [2.24, 2.45) is 4.99 Å². The Kier molecular flexibility index (Phi) is 1.70. The van der Waals surface area contributed by atoms with E-state index in [2.05, 4.69) is 4.99 Å². The van der Waals surface area contributed by atoms with Crippen LogP contribution >= 0.6 is 0 Å². The lowest BCUT2D eigenvalue weighted by Gasteiger charge is -2.11.